The van der Waals surface area contributed by atoms with Gasteiger partial charge in [-0.3, -0.25) is 0 Å². The van der Waals surface area contributed by atoms with Crippen LogP contribution in [0.2, 0.25) is 0 Å². The molecule has 2 saturated carbocycles. The number of halogens is 1. The van der Waals surface area contributed by atoms with Crippen LogP contribution in [0.25, 0.3) is 0 Å². The fourth-order valence-corrected chi connectivity index (χ4v) is 3.44. The molecule has 1 aromatic carbocycles. The van der Waals surface area contributed by atoms with Crippen molar-refractivity contribution < 1.29 is 9.13 Å². The third-order valence-electron chi connectivity index (χ3n) is 4.77. The quantitative estimate of drug-likeness (QED) is 0.882. The molecule has 2 aliphatic carbocycles. The lowest BCUT2D eigenvalue weighted by Crippen LogP contribution is -2.31. The summed E-state index contributed by atoms with van der Waals surface area (Å²) in [4.78, 5) is 0. The molecule has 2 aliphatic rings. The van der Waals surface area contributed by atoms with E-state index in [-0.39, 0.29) is 5.82 Å². The highest BCUT2D eigenvalue weighted by atomic mass is 19.1. The lowest BCUT2D eigenvalue weighted by atomic mass is 9.75. The Morgan fingerprint density at radius 2 is 2.00 bits per heavy atom. The maximum atomic E-state index is 14.5. The Kier molecular flexibility index (Phi) is 4.25. The normalized spacial score (nSPS) is 26.5. The van der Waals surface area contributed by atoms with Crippen LogP contribution >= 0.6 is 0 Å². The predicted octanol–water partition coefficient (Wildman–Crippen LogP) is 3.86. The Balaban J connectivity index is 1.77. The van der Waals surface area contributed by atoms with Crippen molar-refractivity contribution in [3.05, 3.63) is 29.6 Å². The first kappa shape index (κ1) is 13.9. The molecule has 0 radical (unpaired) electrons. The van der Waals surface area contributed by atoms with Gasteiger partial charge in [0.25, 0.3) is 0 Å². The van der Waals surface area contributed by atoms with E-state index < -0.39 is 0 Å². The van der Waals surface area contributed by atoms with Crippen LogP contribution in [0.4, 0.5) is 4.39 Å². The minimum atomic E-state index is -0.154. The molecule has 0 heterocycles. The molecule has 2 fully saturated rings. The van der Waals surface area contributed by atoms with Gasteiger partial charge in [0.2, 0.25) is 0 Å². The molecule has 0 amide bonds. The van der Waals surface area contributed by atoms with Crippen LogP contribution in [0.1, 0.15) is 50.0 Å². The molecule has 0 bridgehead atoms. The zero-order valence-corrected chi connectivity index (χ0v) is 12.2. The molecule has 2 nitrogen and oxygen atoms in total. The summed E-state index contributed by atoms with van der Waals surface area (Å²) in [6.07, 6.45) is 7.41. The SMILES string of the molecule is COc1cccc(C2CCCCC2CNC2CC2)c1F. The summed E-state index contributed by atoms with van der Waals surface area (Å²) in [5, 5.41) is 3.62. The van der Waals surface area contributed by atoms with E-state index in [0.717, 1.165) is 24.6 Å². The van der Waals surface area contributed by atoms with Crippen molar-refractivity contribution in [3.63, 3.8) is 0 Å². The number of rotatable bonds is 5. The molecule has 0 aliphatic heterocycles. The average Bonchev–Trinajstić information content (AvgIpc) is 3.30. The summed E-state index contributed by atoms with van der Waals surface area (Å²) in [5.41, 5.74) is 0.853. The van der Waals surface area contributed by atoms with Crippen molar-refractivity contribution in [2.24, 2.45) is 5.92 Å². The van der Waals surface area contributed by atoms with E-state index in [2.05, 4.69) is 5.32 Å². The van der Waals surface area contributed by atoms with Crippen molar-refractivity contribution in [2.45, 2.75) is 50.5 Å². The van der Waals surface area contributed by atoms with Crippen LogP contribution in [0.3, 0.4) is 0 Å². The van der Waals surface area contributed by atoms with Crippen LogP contribution in [0.5, 0.6) is 5.75 Å². The minimum Gasteiger partial charge on any atom is -0.494 e. The lowest BCUT2D eigenvalue weighted by molar-refractivity contribution is 0.286. The fraction of sp³-hybridized carbons (Fsp3) is 0.647. The summed E-state index contributed by atoms with van der Waals surface area (Å²) in [5.74, 6) is 1.12. The van der Waals surface area contributed by atoms with E-state index in [9.17, 15) is 4.39 Å². The Labute approximate surface area is 120 Å². The van der Waals surface area contributed by atoms with Gasteiger partial charge in [0.1, 0.15) is 0 Å². The Hall–Kier alpha value is -1.09. The van der Waals surface area contributed by atoms with Gasteiger partial charge in [-0.15, -0.1) is 0 Å². The van der Waals surface area contributed by atoms with E-state index in [0.29, 0.717) is 17.6 Å². The van der Waals surface area contributed by atoms with E-state index in [1.165, 1.54) is 39.2 Å². The van der Waals surface area contributed by atoms with E-state index in [4.69, 9.17) is 4.74 Å². The summed E-state index contributed by atoms with van der Waals surface area (Å²) >= 11 is 0. The molecular weight excluding hydrogens is 253 g/mol. The van der Waals surface area contributed by atoms with Gasteiger partial charge in [-0.25, -0.2) is 4.39 Å². The smallest absolute Gasteiger partial charge is 0.168 e. The zero-order valence-electron chi connectivity index (χ0n) is 12.2. The monoisotopic (exact) mass is 277 g/mol. The molecule has 1 aromatic rings. The van der Waals surface area contributed by atoms with Gasteiger partial charge in [-0.2, -0.15) is 0 Å². The standard InChI is InChI=1S/C17H24FNO/c1-20-16-8-4-7-15(17(16)18)14-6-3-2-5-12(14)11-19-13-9-10-13/h4,7-8,12-14,19H,2-3,5-6,9-11H2,1H3. The molecule has 1 N–H and O–H groups in total. The predicted molar refractivity (Wildman–Crippen MR) is 78.7 cm³/mol. The summed E-state index contributed by atoms with van der Waals surface area (Å²) < 4.78 is 19.6. The van der Waals surface area contributed by atoms with Crippen LogP contribution in [0, 0.1) is 11.7 Å². The fourth-order valence-electron chi connectivity index (χ4n) is 3.44. The van der Waals surface area contributed by atoms with E-state index in [1.807, 2.05) is 12.1 Å². The third kappa shape index (κ3) is 2.98. The first-order valence-electron chi connectivity index (χ1n) is 7.85. The zero-order chi connectivity index (χ0) is 13.9. The molecule has 110 valence electrons. The molecule has 3 heteroatoms. The molecule has 0 saturated heterocycles. The molecule has 2 unspecified atom stereocenters. The van der Waals surface area contributed by atoms with Gasteiger partial charge in [-0.05, 0) is 55.7 Å². The summed E-state index contributed by atoms with van der Waals surface area (Å²) in [6.45, 7) is 1.03. The number of hydrogen-bond acceptors (Lipinski definition) is 2. The van der Waals surface area contributed by atoms with Gasteiger partial charge in [0, 0.05) is 6.04 Å². The second-order valence-corrected chi connectivity index (χ2v) is 6.20. The van der Waals surface area contributed by atoms with Crippen LogP contribution < -0.4 is 10.1 Å². The van der Waals surface area contributed by atoms with Gasteiger partial charge in [-0.1, -0.05) is 25.0 Å². The van der Waals surface area contributed by atoms with Crippen LogP contribution in [-0.2, 0) is 0 Å². The van der Waals surface area contributed by atoms with Gasteiger partial charge in [0.05, 0.1) is 7.11 Å². The number of ether oxygens (including phenoxy) is 1. The molecule has 20 heavy (non-hydrogen) atoms. The number of nitrogens with one attached hydrogen (secondary N) is 1. The second kappa shape index (κ2) is 6.13. The lowest BCUT2D eigenvalue weighted by Gasteiger charge is -2.32. The average molecular weight is 277 g/mol. The van der Waals surface area contributed by atoms with Crippen molar-refractivity contribution in [1.29, 1.82) is 0 Å². The van der Waals surface area contributed by atoms with Crippen molar-refractivity contribution in [1.82, 2.24) is 5.32 Å². The maximum absolute atomic E-state index is 14.5. The number of methoxy groups -OCH3 is 1. The second-order valence-electron chi connectivity index (χ2n) is 6.20. The number of benzene rings is 1. The Bertz CT molecular complexity index is 458. The highest BCUT2D eigenvalue weighted by Gasteiger charge is 2.31. The molecule has 0 aromatic heterocycles. The van der Waals surface area contributed by atoms with E-state index >= 15 is 0 Å². The summed E-state index contributed by atoms with van der Waals surface area (Å²) in [7, 11) is 1.54. The molecule has 0 spiro atoms. The van der Waals surface area contributed by atoms with Crippen LogP contribution in [-0.4, -0.2) is 19.7 Å². The van der Waals surface area contributed by atoms with Crippen molar-refractivity contribution >= 4 is 0 Å². The maximum Gasteiger partial charge on any atom is 0.168 e. The first-order chi connectivity index (χ1) is 9.79. The Morgan fingerprint density at radius 1 is 1.20 bits per heavy atom. The highest BCUT2D eigenvalue weighted by molar-refractivity contribution is 5.34. The van der Waals surface area contributed by atoms with Crippen molar-refractivity contribution in [2.75, 3.05) is 13.7 Å². The van der Waals surface area contributed by atoms with E-state index in [1.54, 1.807) is 6.07 Å². The Morgan fingerprint density at radius 3 is 2.75 bits per heavy atom. The van der Waals surface area contributed by atoms with Gasteiger partial charge in [0.15, 0.2) is 11.6 Å². The highest BCUT2D eigenvalue weighted by Crippen LogP contribution is 2.40. The minimum absolute atomic E-state index is 0.154. The molecule has 3 rings (SSSR count). The largest absolute Gasteiger partial charge is 0.494 e. The van der Waals surface area contributed by atoms with Crippen LogP contribution in [0.15, 0.2) is 18.2 Å². The van der Waals surface area contributed by atoms with Gasteiger partial charge >= 0.3 is 0 Å². The molecular formula is C17H24FNO. The van der Waals surface area contributed by atoms with Gasteiger partial charge < -0.3 is 10.1 Å². The third-order valence-corrected chi connectivity index (χ3v) is 4.77. The summed E-state index contributed by atoms with van der Waals surface area (Å²) in [6, 6.07) is 6.29. The topological polar surface area (TPSA) is 21.3 Å². The number of hydrogen-bond donors (Lipinski definition) is 1. The van der Waals surface area contributed by atoms with Crippen molar-refractivity contribution in [3.8, 4) is 5.75 Å². The first-order valence-corrected chi connectivity index (χ1v) is 7.85. The molecule has 2 atom stereocenters.